The number of ether oxygens (including phenoxy) is 2. The molecule has 0 aliphatic carbocycles. The Labute approximate surface area is 126 Å². The van der Waals surface area contributed by atoms with E-state index in [-0.39, 0.29) is 18.1 Å². The summed E-state index contributed by atoms with van der Waals surface area (Å²) in [6.45, 7) is 5.36. The fourth-order valence-electron chi connectivity index (χ4n) is 2.21. The van der Waals surface area contributed by atoms with Crippen LogP contribution in [0.25, 0.3) is 6.08 Å². The first-order valence-electron chi connectivity index (χ1n) is 7.48. The van der Waals surface area contributed by atoms with Crippen molar-refractivity contribution in [1.82, 2.24) is 5.32 Å². The normalized spacial score (nSPS) is 18.3. The van der Waals surface area contributed by atoms with Crippen LogP contribution in [0.2, 0.25) is 0 Å². The molecule has 0 radical (unpaired) electrons. The molecule has 0 aromatic heterocycles. The van der Waals surface area contributed by atoms with Crippen molar-refractivity contribution in [2.75, 3.05) is 13.2 Å². The number of hydrogen-bond donors (Lipinski definition) is 1. The van der Waals surface area contributed by atoms with E-state index in [0.29, 0.717) is 6.54 Å². The Morgan fingerprint density at radius 3 is 3.10 bits per heavy atom. The van der Waals surface area contributed by atoms with Crippen molar-refractivity contribution in [3.05, 3.63) is 35.9 Å². The lowest BCUT2D eigenvalue weighted by Crippen LogP contribution is -2.30. The van der Waals surface area contributed by atoms with E-state index < -0.39 is 0 Å². The van der Waals surface area contributed by atoms with Crippen molar-refractivity contribution in [2.24, 2.45) is 0 Å². The van der Waals surface area contributed by atoms with Crippen LogP contribution in [0, 0.1) is 0 Å². The minimum absolute atomic E-state index is 0.0966. The summed E-state index contributed by atoms with van der Waals surface area (Å²) in [4.78, 5) is 11.8. The molecule has 1 amide bonds. The molecule has 114 valence electrons. The molecule has 0 spiro atoms. The third kappa shape index (κ3) is 5.60. The lowest BCUT2D eigenvalue weighted by Gasteiger charge is -2.10. The van der Waals surface area contributed by atoms with Crippen molar-refractivity contribution >= 4 is 12.0 Å². The lowest BCUT2D eigenvalue weighted by atomic mass is 10.2. The maximum absolute atomic E-state index is 11.8. The van der Waals surface area contributed by atoms with E-state index in [2.05, 4.69) is 5.32 Å². The average molecular weight is 289 g/mol. The summed E-state index contributed by atoms with van der Waals surface area (Å²) < 4.78 is 11.1. The Hall–Kier alpha value is -1.81. The predicted octanol–water partition coefficient (Wildman–Crippen LogP) is 2.78. The highest BCUT2D eigenvalue weighted by Gasteiger charge is 2.15. The number of amides is 1. The maximum Gasteiger partial charge on any atom is 0.244 e. The van der Waals surface area contributed by atoms with Gasteiger partial charge in [-0.1, -0.05) is 12.1 Å². The van der Waals surface area contributed by atoms with E-state index in [1.165, 1.54) is 0 Å². The van der Waals surface area contributed by atoms with E-state index in [0.717, 1.165) is 30.8 Å². The highest BCUT2D eigenvalue weighted by Crippen LogP contribution is 2.16. The Kier molecular flexibility index (Phi) is 5.81. The first kappa shape index (κ1) is 15.6. The highest BCUT2D eigenvalue weighted by molar-refractivity contribution is 5.91. The first-order chi connectivity index (χ1) is 10.1. The molecule has 21 heavy (non-hydrogen) atoms. The van der Waals surface area contributed by atoms with E-state index in [1.54, 1.807) is 12.2 Å². The van der Waals surface area contributed by atoms with Gasteiger partial charge >= 0.3 is 0 Å². The van der Waals surface area contributed by atoms with Crippen LogP contribution in [-0.4, -0.2) is 31.3 Å². The minimum atomic E-state index is -0.0966. The Balaban J connectivity index is 1.83. The number of nitrogens with one attached hydrogen (secondary N) is 1. The van der Waals surface area contributed by atoms with Gasteiger partial charge in [-0.3, -0.25) is 4.79 Å². The van der Waals surface area contributed by atoms with Crippen LogP contribution in [0.5, 0.6) is 5.75 Å². The van der Waals surface area contributed by atoms with Crippen LogP contribution in [-0.2, 0) is 9.53 Å². The first-order valence-corrected chi connectivity index (χ1v) is 7.48. The molecule has 1 unspecified atom stereocenters. The second-order valence-electron chi connectivity index (χ2n) is 5.45. The van der Waals surface area contributed by atoms with Crippen molar-refractivity contribution < 1.29 is 14.3 Å². The minimum Gasteiger partial charge on any atom is -0.491 e. The quantitative estimate of drug-likeness (QED) is 0.819. The lowest BCUT2D eigenvalue weighted by molar-refractivity contribution is -0.116. The summed E-state index contributed by atoms with van der Waals surface area (Å²) in [5.74, 6) is 0.715. The van der Waals surface area contributed by atoms with Crippen molar-refractivity contribution in [2.45, 2.75) is 38.9 Å². The summed E-state index contributed by atoms with van der Waals surface area (Å²) >= 11 is 0. The fraction of sp³-hybridized carbons (Fsp3) is 0.471. The molecule has 1 aromatic carbocycles. The molecule has 4 nitrogen and oxygen atoms in total. The molecule has 1 N–H and O–H groups in total. The van der Waals surface area contributed by atoms with Crippen LogP contribution in [0.15, 0.2) is 30.3 Å². The summed E-state index contributed by atoms with van der Waals surface area (Å²) in [5, 5.41) is 2.86. The van der Waals surface area contributed by atoms with E-state index >= 15 is 0 Å². The van der Waals surface area contributed by atoms with Crippen LogP contribution in [0.4, 0.5) is 0 Å². The zero-order valence-corrected chi connectivity index (χ0v) is 12.7. The third-order valence-corrected chi connectivity index (χ3v) is 3.18. The van der Waals surface area contributed by atoms with Gasteiger partial charge in [0.2, 0.25) is 5.91 Å². The molecule has 1 heterocycles. The average Bonchev–Trinajstić information content (AvgIpc) is 2.96. The van der Waals surface area contributed by atoms with Gasteiger partial charge < -0.3 is 14.8 Å². The molecule has 1 fully saturated rings. The monoisotopic (exact) mass is 289 g/mol. The predicted molar refractivity (Wildman–Crippen MR) is 83.2 cm³/mol. The van der Waals surface area contributed by atoms with Gasteiger partial charge in [0.15, 0.2) is 0 Å². The van der Waals surface area contributed by atoms with Gasteiger partial charge in [-0.15, -0.1) is 0 Å². The van der Waals surface area contributed by atoms with Gasteiger partial charge in [-0.2, -0.15) is 0 Å². The fourth-order valence-corrected chi connectivity index (χ4v) is 2.21. The maximum atomic E-state index is 11.8. The van der Waals surface area contributed by atoms with Crippen LogP contribution >= 0.6 is 0 Å². The Bertz CT molecular complexity index is 491. The number of hydrogen-bond acceptors (Lipinski definition) is 3. The van der Waals surface area contributed by atoms with Crippen molar-refractivity contribution in [1.29, 1.82) is 0 Å². The van der Waals surface area contributed by atoms with E-state index in [9.17, 15) is 4.79 Å². The van der Waals surface area contributed by atoms with Crippen LogP contribution in [0.1, 0.15) is 32.3 Å². The van der Waals surface area contributed by atoms with Gasteiger partial charge in [0.1, 0.15) is 5.75 Å². The molecule has 0 saturated carbocycles. The highest BCUT2D eigenvalue weighted by atomic mass is 16.5. The molecule has 1 aliphatic heterocycles. The van der Waals surface area contributed by atoms with Gasteiger partial charge in [0.05, 0.1) is 12.2 Å². The standard InChI is InChI=1S/C17H23NO3/c1-13(2)21-15-6-3-5-14(11-15)8-9-17(19)18-12-16-7-4-10-20-16/h3,5-6,8-9,11,13,16H,4,7,10,12H2,1-2H3,(H,18,19)/b9-8+. The number of rotatable bonds is 6. The molecule has 1 aromatic rings. The molecule has 2 rings (SSSR count). The topological polar surface area (TPSA) is 47.6 Å². The summed E-state index contributed by atoms with van der Waals surface area (Å²) in [6, 6.07) is 7.69. The number of carbonyl (C=O) groups is 1. The van der Waals surface area contributed by atoms with Gasteiger partial charge in [0.25, 0.3) is 0 Å². The van der Waals surface area contributed by atoms with Crippen LogP contribution in [0.3, 0.4) is 0 Å². The third-order valence-electron chi connectivity index (χ3n) is 3.18. The van der Waals surface area contributed by atoms with Gasteiger partial charge in [0, 0.05) is 19.2 Å². The van der Waals surface area contributed by atoms with Gasteiger partial charge in [-0.25, -0.2) is 0 Å². The van der Waals surface area contributed by atoms with Crippen LogP contribution < -0.4 is 10.1 Å². The molecule has 0 bridgehead atoms. The molecule has 1 atom stereocenters. The van der Waals surface area contributed by atoms with Crippen molar-refractivity contribution in [3.63, 3.8) is 0 Å². The summed E-state index contributed by atoms with van der Waals surface area (Å²) in [6.07, 6.45) is 5.75. The smallest absolute Gasteiger partial charge is 0.244 e. The zero-order chi connectivity index (χ0) is 15.1. The molecule has 1 aliphatic rings. The Morgan fingerprint density at radius 1 is 1.52 bits per heavy atom. The second-order valence-corrected chi connectivity index (χ2v) is 5.45. The summed E-state index contributed by atoms with van der Waals surface area (Å²) in [7, 11) is 0. The van der Waals surface area contributed by atoms with E-state index in [1.807, 2.05) is 38.1 Å². The second kappa shape index (κ2) is 7.84. The van der Waals surface area contributed by atoms with E-state index in [4.69, 9.17) is 9.47 Å². The molecule has 1 saturated heterocycles. The molecular weight excluding hydrogens is 266 g/mol. The SMILES string of the molecule is CC(C)Oc1cccc(/C=C/C(=O)NCC2CCCO2)c1. The number of carbonyl (C=O) groups excluding carboxylic acids is 1. The Morgan fingerprint density at radius 2 is 2.38 bits per heavy atom. The molecular formula is C17H23NO3. The largest absolute Gasteiger partial charge is 0.491 e. The van der Waals surface area contributed by atoms with Crippen molar-refractivity contribution in [3.8, 4) is 5.75 Å². The molecule has 4 heteroatoms. The zero-order valence-electron chi connectivity index (χ0n) is 12.7. The number of benzene rings is 1. The summed E-state index contributed by atoms with van der Waals surface area (Å²) in [5.41, 5.74) is 0.945. The van der Waals surface area contributed by atoms with Gasteiger partial charge in [-0.05, 0) is 50.5 Å².